The molecule has 1 aliphatic heterocycles. The van der Waals surface area contributed by atoms with Crippen LogP contribution in [0.1, 0.15) is 44.7 Å². The molecule has 2 N–H and O–H groups in total. The number of nitrogens with zero attached hydrogens (tertiary/aromatic N) is 1. The minimum atomic E-state index is -0.406. The molecule has 0 saturated carbocycles. The lowest BCUT2D eigenvalue weighted by Gasteiger charge is -2.24. The first-order chi connectivity index (χ1) is 13.3. The minimum Gasteiger partial charge on any atom is -0.347 e. The monoisotopic (exact) mass is 379 g/mol. The van der Waals surface area contributed by atoms with E-state index >= 15 is 0 Å². The van der Waals surface area contributed by atoms with Gasteiger partial charge in [-0.1, -0.05) is 24.3 Å². The molecule has 1 fully saturated rings. The van der Waals surface area contributed by atoms with E-state index in [0.29, 0.717) is 12.1 Å². The Balaban J connectivity index is 1.47. The summed E-state index contributed by atoms with van der Waals surface area (Å²) in [5.41, 5.74) is 4.70. The number of carbonyl (C=O) groups excluding carboxylic acids is 2. The first-order valence-electron chi connectivity index (χ1n) is 9.72. The molecule has 1 saturated heterocycles. The van der Waals surface area contributed by atoms with Gasteiger partial charge in [-0.05, 0) is 55.9 Å². The molecule has 1 aromatic heterocycles. The van der Waals surface area contributed by atoms with Gasteiger partial charge in [0.15, 0.2) is 0 Å². The number of aromatic amines is 1. The van der Waals surface area contributed by atoms with Crippen molar-refractivity contribution in [3.8, 4) is 0 Å². The number of hydrogen-bond acceptors (Lipinski definition) is 3. The minimum absolute atomic E-state index is 0.0637. The zero-order valence-corrected chi connectivity index (χ0v) is 16.5. The van der Waals surface area contributed by atoms with Gasteiger partial charge >= 0.3 is 0 Å². The highest BCUT2D eigenvalue weighted by Gasteiger charge is 2.37. The number of rotatable bonds is 3. The maximum Gasteiger partial charge on any atom is 0.261 e. The van der Waals surface area contributed by atoms with Gasteiger partial charge in [0, 0.05) is 24.7 Å². The highest BCUT2D eigenvalue weighted by molar-refractivity contribution is 5.96. The largest absolute Gasteiger partial charge is 0.347 e. The van der Waals surface area contributed by atoms with Crippen molar-refractivity contribution in [3.05, 3.63) is 68.1 Å². The zero-order valence-electron chi connectivity index (χ0n) is 16.5. The van der Waals surface area contributed by atoms with Crippen LogP contribution in [-0.2, 0) is 17.6 Å². The number of aromatic nitrogens is 1. The van der Waals surface area contributed by atoms with E-state index < -0.39 is 5.91 Å². The van der Waals surface area contributed by atoms with Gasteiger partial charge in [-0.3, -0.25) is 14.4 Å². The third-order valence-corrected chi connectivity index (χ3v) is 6.22. The van der Waals surface area contributed by atoms with Crippen LogP contribution in [0.5, 0.6) is 0 Å². The van der Waals surface area contributed by atoms with Gasteiger partial charge < -0.3 is 15.2 Å². The fourth-order valence-electron chi connectivity index (χ4n) is 4.43. The van der Waals surface area contributed by atoms with Crippen molar-refractivity contribution in [2.45, 2.75) is 52.1 Å². The topological polar surface area (TPSA) is 82.3 Å². The second kappa shape index (κ2) is 6.93. The van der Waals surface area contributed by atoms with E-state index in [-0.39, 0.29) is 35.5 Å². The molecule has 2 heterocycles. The quantitative estimate of drug-likeness (QED) is 0.853. The van der Waals surface area contributed by atoms with Gasteiger partial charge in [0.25, 0.3) is 11.5 Å². The Kier molecular flexibility index (Phi) is 4.57. The fourth-order valence-corrected chi connectivity index (χ4v) is 4.43. The molecule has 1 aromatic carbocycles. The average molecular weight is 379 g/mol. The first kappa shape index (κ1) is 18.5. The van der Waals surface area contributed by atoms with Gasteiger partial charge in [-0.25, -0.2) is 0 Å². The maximum absolute atomic E-state index is 12.8. The second-order valence-electron chi connectivity index (χ2n) is 7.96. The summed E-state index contributed by atoms with van der Waals surface area (Å²) in [6.07, 6.45) is 2.00. The number of likely N-dealkylation sites (tertiary alicyclic amines) is 1. The predicted molar refractivity (Wildman–Crippen MR) is 106 cm³/mol. The summed E-state index contributed by atoms with van der Waals surface area (Å²) >= 11 is 0. The number of fused-ring (bicyclic) bond motifs is 1. The molecule has 6 nitrogen and oxygen atoms in total. The number of nitrogens with one attached hydrogen (secondary N) is 2. The Morgan fingerprint density at radius 1 is 1.04 bits per heavy atom. The van der Waals surface area contributed by atoms with Crippen molar-refractivity contribution >= 4 is 11.8 Å². The van der Waals surface area contributed by atoms with Crippen LogP contribution < -0.4 is 10.9 Å². The van der Waals surface area contributed by atoms with Crippen LogP contribution in [0.2, 0.25) is 0 Å². The van der Waals surface area contributed by atoms with Crippen LogP contribution in [0, 0.1) is 20.8 Å². The molecule has 0 bridgehead atoms. The lowest BCUT2D eigenvalue weighted by Crippen LogP contribution is -2.42. The van der Waals surface area contributed by atoms with Gasteiger partial charge in [0.2, 0.25) is 5.91 Å². The lowest BCUT2D eigenvalue weighted by atomic mass is 10.0. The number of hydrogen-bond donors (Lipinski definition) is 2. The van der Waals surface area contributed by atoms with Crippen LogP contribution in [0.15, 0.2) is 29.1 Å². The Morgan fingerprint density at radius 2 is 1.68 bits per heavy atom. The van der Waals surface area contributed by atoms with Crippen LogP contribution in [-0.4, -0.2) is 40.3 Å². The molecular weight excluding hydrogens is 354 g/mol. The molecule has 2 aliphatic rings. The Hall–Kier alpha value is -2.89. The van der Waals surface area contributed by atoms with Crippen molar-refractivity contribution in [1.29, 1.82) is 0 Å². The van der Waals surface area contributed by atoms with Gasteiger partial charge in [0.1, 0.15) is 5.56 Å². The SMILES string of the molecule is Cc1[nH]c(=O)c(C(=O)N[C@H]2CC(=O)N(C3Cc4ccccc4C3)C2)c(C)c1C. The van der Waals surface area contributed by atoms with Crippen molar-refractivity contribution in [2.75, 3.05) is 6.54 Å². The molecule has 2 aromatic rings. The summed E-state index contributed by atoms with van der Waals surface area (Å²) in [6, 6.07) is 8.16. The summed E-state index contributed by atoms with van der Waals surface area (Å²) < 4.78 is 0. The number of H-pyrrole nitrogens is 1. The molecule has 146 valence electrons. The molecule has 1 atom stereocenters. The van der Waals surface area contributed by atoms with E-state index in [1.54, 1.807) is 6.92 Å². The van der Waals surface area contributed by atoms with E-state index in [2.05, 4.69) is 22.4 Å². The Morgan fingerprint density at radius 3 is 2.32 bits per heavy atom. The summed E-state index contributed by atoms with van der Waals surface area (Å²) in [4.78, 5) is 42.3. The van der Waals surface area contributed by atoms with E-state index in [0.717, 1.165) is 24.1 Å². The third kappa shape index (κ3) is 3.13. The van der Waals surface area contributed by atoms with Gasteiger partial charge in [0.05, 0.1) is 6.04 Å². The number of benzene rings is 1. The highest BCUT2D eigenvalue weighted by Crippen LogP contribution is 2.28. The summed E-state index contributed by atoms with van der Waals surface area (Å²) in [6.45, 7) is 5.98. The van der Waals surface area contributed by atoms with Crippen LogP contribution >= 0.6 is 0 Å². The number of pyridine rings is 1. The average Bonchev–Trinajstić information content (AvgIpc) is 3.22. The number of carbonyl (C=O) groups is 2. The smallest absolute Gasteiger partial charge is 0.261 e. The molecule has 1 aliphatic carbocycles. The lowest BCUT2D eigenvalue weighted by molar-refractivity contribution is -0.129. The summed E-state index contributed by atoms with van der Waals surface area (Å²) in [7, 11) is 0. The Labute approximate surface area is 164 Å². The van der Waals surface area contributed by atoms with E-state index in [1.165, 1.54) is 11.1 Å². The van der Waals surface area contributed by atoms with E-state index in [9.17, 15) is 14.4 Å². The van der Waals surface area contributed by atoms with Gasteiger partial charge in [-0.15, -0.1) is 0 Å². The van der Waals surface area contributed by atoms with Crippen molar-refractivity contribution in [3.63, 3.8) is 0 Å². The van der Waals surface area contributed by atoms with Crippen molar-refractivity contribution < 1.29 is 9.59 Å². The number of amides is 2. The zero-order chi connectivity index (χ0) is 20.0. The highest BCUT2D eigenvalue weighted by atomic mass is 16.2. The maximum atomic E-state index is 12.8. The summed E-state index contributed by atoms with van der Waals surface area (Å²) in [5.74, 6) is -0.343. The molecule has 4 rings (SSSR count). The standard InChI is InChI=1S/C22H25N3O3/c1-12-13(2)20(21(27)23-14(12)3)22(28)24-17-10-19(26)25(11-17)18-8-15-6-4-5-7-16(15)9-18/h4-7,17-18H,8-11H2,1-3H3,(H,23,27)(H,24,28)/t17-/m0/s1. The van der Waals surface area contributed by atoms with E-state index in [1.807, 2.05) is 30.9 Å². The van der Waals surface area contributed by atoms with E-state index in [4.69, 9.17) is 0 Å². The molecule has 0 unspecified atom stereocenters. The molecule has 6 heteroatoms. The van der Waals surface area contributed by atoms with Crippen LogP contribution in [0.4, 0.5) is 0 Å². The van der Waals surface area contributed by atoms with Crippen molar-refractivity contribution in [2.24, 2.45) is 0 Å². The van der Waals surface area contributed by atoms with Crippen LogP contribution in [0.3, 0.4) is 0 Å². The first-order valence-corrected chi connectivity index (χ1v) is 9.72. The number of aryl methyl sites for hydroxylation is 1. The Bertz CT molecular complexity index is 999. The third-order valence-electron chi connectivity index (χ3n) is 6.22. The van der Waals surface area contributed by atoms with Gasteiger partial charge in [-0.2, -0.15) is 0 Å². The fraction of sp³-hybridized carbons (Fsp3) is 0.409. The predicted octanol–water partition coefficient (Wildman–Crippen LogP) is 1.80. The molecular formula is C22H25N3O3. The second-order valence-corrected chi connectivity index (χ2v) is 7.96. The summed E-state index contributed by atoms with van der Waals surface area (Å²) in [5, 5.41) is 2.91. The van der Waals surface area contributed by atoms with Crippen LogP contribution in [0.25, 0.3) is 0 Å². The van der Waals surface area contributed by atoms with Crippen molar-refractivity contribution in [1.82, 2.24) is 15.2 Å². The molecule has 0 spiro atoms. The molecule has 2 amide bonds. The normalized spacial score (nSPS) is 19.2. The molecule has 28 heavy (non-hydrogen) atoms. The molecule has 0 radical (unpaired) electrons.